The lowest BCUT2D eigenvalue weighted by molar-refractivity contribution is -0.184. The molecule has 1 aliphatic heterocycles. The first-order valence-corrected chi connectivity index (χ1v) is 12.7. The number of nitrogens with one attached hydrogen (secondary N) is 1. The Labute approximate surface area is 223 Å². The Bertz CT molecular complexity index is 1230. The topological polar surface area (TPSA) is 122 Å². The lowest BCUT2D eigenvalue weighted by Crippen LogP contribution is -2.73. The molecule has 1 saturated heterocycles. The molecular weight excluding hydrogens is 508 g/mol. The fraction of sp³-hybridized carbons (Fsp3) is 0.214. The Kier molecular flexibility index (Phi) is 8.77. The summed E-state index contributed by atoms with van der Waals surface area (Å²) in [7, 11) is 0. The monoisotopic (exact) mass is 534 g/mol. The highest BCUT2D eigenvalue weighted by Gasteiger charge is 2.54. The van der Waals surface area contributed by atoms with Crippen LogP contribution in [0.5, 0.6) is 5.75 Å². The Morgan fingerprint density at radius 3 is 1.97 bits per heavy atom. The van der Waals surface area contributed by atoms with Crippen LogP contribution in [0, 0.1) is 0 Å². The van der Waals surface area contributed by atoms with Crippen molar-refractivity contribution in [2.24, 2.45) is 0 Å². The number of amides is 2. The molecule has 38 heavy (non-hydrogen) atoms. The predicted molar refractivity (Wildman–Crippen MR) is 140 cm³/mol. The lowest BCUT2D eigenvalue weighted by Gasteiger charge is -2.47. The summed E-state index contributed by atoms with van der Waals surface area (Å²) < 4.78 is 11.1. The van der Waals surface area contributed by atoms with Crippen molar-refractivity contribution >= 4 is 34.7 Å². The molecule has 1 unspecified atom stereocenters. The Balaban J connectivity index is 1.44. The largest absolute Gasteiger partial charge is 0.484 e. The number of ether oxygens (including phenoxy) is 2. The maximum absolute atomic E-state index is 13.0. The van der Waals surface area contributed by atoms with E-state index in [0.29, 0.717) is 16.9 Å². The molecule has 3 atom stereocenters. The number of esters is 1. The van der Waals surface area contributed by atoms with Gasteiger partial charge in [0.25, 0.3) is 11.8 Å². The Morgan fingerprint density at radius 1 is 0.921 bits per heavy atom. The van der Waals surface area contributed by atoms with Gasteiger partial charge in [0.05, 0.1) is 0 Å². The van der Waals surface area contributed by atoms with Gasteiger partial charge in [-0.15, -0.1) is 0 Å². The number of likely N-dealkylation sites (tertiary alicyclic amines) is 1. The zero-order valence-electron chi connectivity index (χ0n) is 20.4. The molecule has 0 bridgehead atoms. The fourth-order valence-corrected chi connectivity index (χ4v) is 4.92. The first-order valence-electron chi connectivity index (χ1n) is 11.8. The van der Waals surface area contributed by atoms with Crippen LogP contribution in [0.1, 0.15) is 24.2 Å². The number of rotatable bonds is 10. The number of β-lactam (4-membered cyclic amide) rings is 1. The Morgan fingerprint density at radius 2 is 1.45 bits per heavy atom. The van der Waals surface area contributed by atoms with Gasteiger partial charge < -0.3 is 19.9 Å². The standard InChI is InChI=1S/C28H26N2O7S/c1-18(31)38-27-23(29-22(32)17-36-21-15-9-4-10-16-21)25(33)30(27)26(34)28(35)37-24(19-11-5-2-6-12-19)20-13-7-3-8-14-20/h2-16,23-24,26-27,34H,17H2,1H3,(H,29,32)/t23-,26?,27-/m1/s1. The first kappa shape index (κ1) is 26.9. The van der Waals surface area contributed by atoms with Crippen LogP contribution in [0.15, 0.2) is 91.0 Å². The van der Waals surface area contributed by atoms with Crippen molar-refractivity contribution in [2.45, 2.75) is 30.7 Å². The SMILES string of the molecule is CC(=O)S[C@@H]1[C@H](NC(=O)COc2ccccc2)C(=O)N1C(O)C(=O)OC(c1ccccc1)c1ccccc1. The van der Waals surface area contributed by atoms with E-state index in [1.165, 1.54) is 6.92 Å². The third-order valence-electron chi connectivity index (χ3n) is 5.71. The molecule has 4 rings (SSSR count). The summed E-state index contributed by atoms with van der Waals surface area (Å²) in [4.78, 5) is 51.1. The van der Waals surface area contributed by atoms with E-state index in [9.17, 15) is 24.3 Å². The number of nitrogens with zero attached hydrogens (tertiary/aromatic N) is 1. The second-order valence-corrected chi connectivity index (χ2v) is 9.70. The van der Waals surface area contributed by atoms with E-state index in [1.807, 2.05) is 12.1 Å². The highest BCUT2D eigenvalue weighted by molar-refractivity contribution is 8.14. The van der Waals surface area contributed by atoms with Gasteiger partial charge in [-0.25, -0.2) is 4.79 Å². The molecule has 2 amide bonds. The van der Waals surface area contributed by atoms with Crippen LogP contribution in [0.2, 0.25) is 0 Å². The van der Waals surface area contributed by atoms with Crippen molar-refractivity contribution < 1.29 is 33.8 Å². The van der Waals surface area contributed by atoms with Crippen molar-refractivity contribution in [1.29, 1.82) is 0 Å². The van der Waals surface area contributed by atoms with E-state index >= 15 is 0 Å². The van der Waals surface area contributed by atoms with Crippen molar-refractivity contribution in [3.8, 4) is 5.75 Å². The molecule has 0 aliphatic carbocycles. The summed E-state index contributed by atoms with van der Waals surface area (Å²) in [5.41, 5.74) is 1.35. The van der Waals surface area contributed by atoms with Crippen LogP contribution in [0.4, 0.5) is 0 Å². The number of thioether (sulfide) groups is 1. The molecule has 9 nitrogen and oxygen atoms in total. The van der Waals surface area contributed by atoms with Crippen molar-refractivity contribution in [3.63, 3.8) is 0 Å². The Hall–Kier alpha value is -4.15. The van der Waals surface area contributed by atoms with Gasteiger partial charge >= 0.3 is 5.97 Å². The number of aliphatic hydroxyl groups is 1. The van der Waals surface area contributed by atoms with Gasteiger partial charge in [0.1, 0.15) is 17.2 Å². The van der Waals surface area contributed by atoms with Gasteiger partial charge in [0.15, 0.2) is 17.8 Å². The molecular formula is C28H26N2O7S. The number of carbonyl (C=O) groups is 4. The summed E-state index contributed by atoms with van der Waals surface area (Å²) in [6.07, 6.45) is -2.82. The number of hydrogen-bond donors (Lipinski definition) is 2. The maximum Gasteiger partial charge on any atom is 0.357 e. The molecule has 3 aromatic rings. The summed E-state index contributed by atoms with van der Waals surface area (Å²) >= 11 is 0.718. The molecule has 3 aromatic carbocycles. The molecule has 2 N–H and O–H groups in total. The third kappa shape index (κ3) is 6.39. The number of aliphatic hydroxyl groups excluding tert-OH is 1. The molecule has 1 fully saturated rings. The normalized spacial score (nSPS) is 17.3. The van der Waals surface area contributed by atoms with Gasteiger partial charge in [0.2, 0.25) is 6.23 Å². The lowest BCUT2D eigenvalue weighted by atomic mass is 10.0. The van der Waals surface area contributed by atoms with Gasteiger partial charge in [-0.2, -0.15) is 0 Å². The molecule has 1 aliphatic rings. The van der Waals surface area contributed by atoms with Crippen LogP contribution in [0.25, 0.3) is 0 Å². The van der Waals surface area contributed by atoms with E-state index in [4.69, 9.17) is 9.47 Å². The van der Waals surface area contributed by atoms with Crippen LogP contribution in [-0.2, 0) is 23.9 Å². The molecule has 0 radical (unpaired) electrons. The molecule has 0 aromatic heterocycles. The zero-order valence-corrected chi connectivity index (χ0v) is 21.2. The van der Waals surface area contributed by atoms with E-state index in [-0.39, 0.29) is 11.7 Å². The summed E-state index contributed by atoms with van der Waals surface area (Å²) in [5, 5.41) is 12.0. The summed E-state index contributed by atoms with van der Waals surface area (Å²) in [6.45, 7) is 0.931. The van der Waals surface area contributed by atoms with Crippen molar-refractivity contribution in [2.75, 3.05) is 6.61 Å². The third-order valence-corrected chi connectivity index (χ3v) is 6.78. The van der Waals surface area contributed by atoms with E-state index in [0.717, 1.165) is 16.7 Å². The summed E-state index contributed by atoms with van der Waals surface area (Å²) in [6, 6.07) is 25.5. The minimum absolute atomic E-state index is 0.355. The van der Waals surface area contributed by atoms with Crippen molar-refractivity contribution in [3.05, 3.63) is 102 Å². The molecule has 10 heteroatoms. The van der Waals surface area contributed by atoms with Crippen LogP contribution in [-0.4, -0.2) is 57.2 Å². The molecule has 0 saturated carbocycles. The van der Waals surface area contributed by atoms with Gasteiger partial charge in [0, 0.05) is 6.92 Å². The van der Waals surface area contributed by atoms with Gasteiger partial charge in [-0.05, 0) is 23.3 Å². The van der Waals surface area contributed by atoms with E-state index in [1.54, 1.807) is 78.9 Å². The first-order chi connectivity index (χ1) is 18.3. The summed E-state index contributed by atoms with van der Waals surface area (Å²) in [5.74, 6) is -1.91. The van der Waals surface area contributed by atoms with Crippen molar-refractivity contribution in [1.82, 2.24) is 10.2 Å². The molecule has 1 heterocycles. The molecule has 0 spiro atoms. The van der Waals surface area contributed by atoms with E-state index in [2.05, 4.69) is 5.32 Å². The van der Waals surface area contributed by atoms with Crippen LogP contribution in [0.3, 0.4) is 0 Å². The molecule has 196 valence electrons. The minimum Gasteiger partial charge on any atom is -0.484 e. The second-order valence-electron chi connectivity index (χ2n) is 8.40. The van der Waals surface area contributed by atoms with E-state index < -0.39 is 41.5 Å². The highest BCUT2D eigenvalue weighted by atomic mass is 32.2. The second kappa shape index (κ2) is 12.4. The highest BCUT2D eigenvalue weighted by Crippen LogP contribution is 2.34. The zero-order chi connectivity index (χ0) is 27.1. The average Bonchev–Trinajstić information content (AvgIpc) is 2.94. The number of benzene rings is 3. The van der Waals surface area contributed by atoms with Gasteiger partial charge in [-0.3, -0.25) is 19.3 Å². The quantitative estimate of drug-likeness (QED) is 0.301. The van der Waals surface area contributed by atoms with Crippen LogP contribution >= 0.6 is 11.8 Å². The number of carbonyl (C=O) groups excluding carboxylic acids is 4. The fourth-order valence-electron chi connectivity index (χ4n) is 3.93. The minimum atomic E-state index is -1.98. The number of para-hydroxylation sites is 1. The average molecular weight is 535 g/mol. The smallest absolute Gasteiger partial charge is 0.357 e. The maximum atomic E-state index is 13.0. The number of hydrogen-bond acceptors (Lipinski definition) is 8. The van der Waals surface area contributed by atoms with Crippen LogP contribution < -0.4 is 10.1 Å². The predicted octanol–water partition coefficient (Wildman–Crippen LogP) is 2.65. The van der Waals surface area contributed by atoms with Gasteiger partial charge in [-0.1, -0.05) is 90.6 Å².